The number of amides is 1. The highest BCUT2D eigenvalue weighted by atomic mass is 16.4. The topological polar surface area (TPSA) is 60.9 Å². The van der Waals surface area contributed by atoms with Gasteiger partial charge in [-0.05, 0) is 38.8 Å². The second-order valence-corrected chi connectivity index (χ2v) is 5.26. The van der Waals surface area contributed by atoms with E-state index < -0.39 is 11.9 Å². The lowest BCUT2D eigenvalue weighted by molar-refractivity contribution is -0.150. The van der Waals surface area contributed by atoms with Crippen LogP contribution in [0, 0.1) is 11.8 Å². The molecule has 5 heteroatoms. The Morgan fingerprint density at radius 2 is 2.17 bits per heavy atom. The summed E-state index contributed by atoms with van der Waals surface area (Å²) >= 11 is 0. The van der Waals surface area contributed by atoms with Crippen LogP contribution >= 0.6 is 0 Å². The summed E-state index contributed by atoms with van der Waals surface area (Å²) in [6.45, 7) is 4.59. The van der Waals surface area contributed by atoms with Crippen LogP contribution < -0.4 is 0 Å². The first-order chi connectivity index (χ1) is 8.45. The minimum absolute atomic E-state index is 0.267. The number of aliphatic carboxylic acids is 1. The molecule has 1 rings (SSSR count). The van der Waals surface area contributed by atoms with Crippen LogP contribution in [0.2, 0.25) is 0 Å². The molecule has 5 nitrogen and oxygen atoms in total. The van der Waals surface area contributed by atoms with Crippen molar-refractivity contribution in [2.24, 2.45) is 11.8 Å². The first-order valence-electron chi connectivity index (χ1n) is 6.62. The van der Waals surface area contributed by atoms with Gasteiger partial charge < -0.3 is 14.9 Å². The Balaban J connectivity index is 2.37. The second kappa shape index (κ2) is 6.73. The summed E-state index contributed by atoms with van der Waals surface area (Å²) in [7, 11) is 3.80. The third-order valence-corrected chi connectivity index (χ3v) is 3.74. The van der Waals surface area contributed by atoms with E-state index in [1.54, 1.807) is 18.9 Å². The van der Waals surface area contributed by atoms with E-state index in [0.29, 0.717) is 18.9 Å². The summed E-state index contributed by atoms with van der Waals surface area (Å²) in [4.78, 5) is 26.7. The number of likely N-dealkylation sites (tertiary alicyclic amines) is 1. The van der Waals surface area contributed by atoms with E-state index in [1.165, 1.54) is 6.42 Å². The molecule has 0 saturated carbocycles. The Morgan fingerprint density at radius 3 is 2.61 bits per heavy atom. The van der Waals surface area contributed by atoms with Crippen LogP contribution in [0.3, 0.4) is 0 Å². The molecule has 2 unspecified atom stereocenters. The lowest BCUT2D eigenvalue weighted by Crippen LogP contribution is -2.37. The summed E-state index contributed by atoms with van der Waals surface area (Å²) in [6.07, 6.45) is 2.49. The molecule has 1 saturated heterocycles. The van der Waals surface area contributed by atoms with Gasteiger partial charge in [0.15, 0.2) is 0 Å². The van der Waals surface area contributed by atoms with Crippen molar-refractivity contribution in [2.75, 3.05) is 33.7 Å². The molecule has 1 heterocycles. The fourth-order valence-electron chi connectivity index (χ4n) is 2.47. The first kappa shape index (κ1) is 15.0. The molecule has 104 valence electrons. The van der Waals surface area contributed by atoms with E-state index in [2.05, 4.69) is 11.9 Å². The van der Waals surface area contributed by atoms with Crippen LogP contribution in [0.15, 0.2) is 0 Å². The Hall–Kier alpha value is -1.10. The Labute approximate surface area is 109 Å². The van der Waals surface area contributed by atoms with Crippen LogP contribution in [-0.4, -0.2) is 60.5 Å². The van der Waals surface area contributed by atoms with E-state index in [4.69, 9.17) is 5.11 Å². The molecule has 2 atom stereocenters. The molecule has 0 aromatic heterocycles. The van der Waals surface area contributed by atoms with Gasteiger partial charge in [-0.2, -0.15) is 0 Å². The van der Waals surface area contributed by atoms with Crippen LogP contribution in [0.25, 0.3) is 0 Å². The van der Waals surface area contributed by atoms with Crippen molar-refractivity contribution in [3.8, 4) is 0 Å². The van der Waals surface area contributed by atoms with Crippen LogP contribution in [0.5, 0.6) is 0 Å². The number of carbonyl (C=O) groups excluding carboxylic acids is 1. The van der Waals surface area contributed by atoms with Crippen LogP contribution in [-0.2, 0) is 9.59 Å². The highest BCUT2D eigenvalue weighted by Gasteiger charge is 2.27. The van der Waals surface area contributed by atoms with E-state index in [1.807, 2.05) is 0 Å². The first-order valence-corrected chi connectivity index (χ1v) is 6.62. The standard InChI is InChI=1S/C13H24N2O3/c1-4-11(13(17)18)12(16)15(3)8-6-10-5-7-14(2)9-10/h10-11H,4-9H2,1-3H3,(H,17,18). The van der Waals surface area contributed by atoms with Gasteiger partial charge in [0, 0.05) is 20.1 Å². The minimum Gasteiger partial charge on any atom is -0.481 e. The summed E-state index contributed by atoms with van der Waals surface area (Å²) in [5, 5.41) is 8.95. The van der Waals surface area contributed by atoms with Crippen molar-refractivity contribution < 1.29 is 14.7 Å². The van der Waals surface area contributed by atoms with Gasteiger partial charge in [-0.3, -0.25) is 9.59 Å². The van der Waals surface area contributed by atoms with Crippen LogP contribution in [0.4, 0.5) is 0 Å². The predicted molar refractivity (Wildman–Crippen MR) is 69.3 cm³/mol. The average Bonchev–Trinajstić information content (AvgIpc) is 2.72. The third-order valence-electron chi connectivity index (χ3n) is 3.74. The number of hydrogen-bond acceptors (Lipinski definition) is 3. The maximum atomic E-state index is 11.9. The summed E-state index contributed by atoms with van der Waals surface area (Å²) < 4.78 is 0. The zero-order chi connectivity index (χ0) is 13.7. The lowest BCUT2D eigenvalue weighted by Gasteiger charge is -2.22. The highest BCUT2D eigenvalue weighted by Crippen LogP contribution is 2.18. The van der Waals surface area contributed by atoms with Gasteiger partial charge in [-0.15, -0.1) is 0 Å². The van der Waals surface area contributed by atoms with E-state index in [0.717, 1.165) is 19.5 Å². The molecule has 0 aromatic rings. The zero-order valence-corrected chi connectivity index (χ0v) is 11.6. The molecule has 18 heavy (non-hydrogen) atoms. The Bertz CT molecular complexity index is 307. The summed E-state index contributed by atoms with van der Waals surface area (Å²) in [5.41, 5.74) is 0. The number of nitrogens with zero attached hydrogens (tertiary/aromatic N) is 2. The van der Waals surface area contributed by atoms with Crippen molar-refractivity contribution in [2.45, 2.75) is 26.2 Å². The van der Waals surface area contributed by atoms with E-state index in [9.17, 15) is 9.59 Å². The molecule has 0 aromatic carbocycles. The minimum atomic E-state index is -1.02. The van der Waals surface area contributed by atoms with Crippen molar-refractivity contribution in [1.82, 2.24) is 9.80 Å². The summed E-state index contributed by atoms with van der Waals surface area (Å²) in [6, 6.07) is 0. The van der Waals surface area contributed by atoms with Gasteiger partial charge in [0.2, 0.25) is 5.91 Å². The van der Waals surface area contributed by atoms with Gasteiger partial charge in [0.25, 0.3) is 0 Å². The lowest BCUT2D eigenvalue weighted by atomic mass is 10.0. The van der Waals surface area contributed by atoms with Gasteiger partial charge in [0.1, 0.15) is 5.92 Å². The smallest absolute Gasteiger partial charge is 0.316 e. The number of carbonyl (C=O) groups is 2. The zero-order valence-electron chi connectivity index (χ0n) is 11.6. The fraction of sp³-hybridized carbons (Fsp3) is 0.846. The molecule has 1 amide bonds. The number of rotatable bonds is 6. The third kappa shape index (κ3) is 3.98. The Morgan fingerprint density at radius 1 is 1.50 bits per heavy atom. The maximum absolute atomic E-state index is 11.9. The Kier molecular flexibility index (Phi) is 5.59. The quantitative estimate of drug-likeness (QED) is 0.717. The van der Waals surface area contributed by atoms with Gasteiger partial charge in [-0.1, -0.05) is 6.92 Å². The molecule has 1 aliphatic rings. The van der Waals surface area contributed by atoms with E-state index in [-0.39, 0.29) is 5.91 Å². The monoisotopic (exact) mass is 256 g/mol. The molecule has 0 radical (unpaired) electrons. The average molecular weight is 256 g/mol. The van der Waals surface area contributed by atoms with Crippen molar-refractivity contribution >= 4 is 11.9 Å². The molecule has 0 aliphatic carbocycles. The molecular weight excluding hydrogens is 232 g/mol. The van der Waals surface area contributed by atoms with Gasteiger partial charge >= 0.3 is 5.97 Å². The number of carboxylic acids is 1. The van der Waals surface area contributed by atoms with Gasteiger partial charge in [-0.25, -0.2) is 0 Å². The van der Waals surface area contributed by atoms with Crippen molar-refractivity contribution in [3.63, 3.8) is 0 Å². The SMILES string of the molecule is CCC(C(=O)O)C(=O)N(C)CCC1CCN(C)C1. The van der Waals surface area contributed by atoms with Gasteiger partial charge in [0.05, 0.1) is 0 Å². The molecule has 0 spiro atoms. The number of carboxylic acid groups (broad SMARTS) is 1. The maximum Gasteiger partial charge on any atom is 0.316 e. The molecule has 0 bridgehead atoms. The molecular formula is C13H24N2O3. The molecule has 1 N–H and O–H groups in total. The molecule has 1 fully saturated rings. The summed E-state index contributed by atoms with van der Waals surface area (Å²) in [5.74, 6) is -1.54. The second-order valence-electron chi connectivity index (χ2n) is 5.26. The fourth-order valence-corrected chi connectivity index (χ4v) is 2.47. The highest BCUT2D eigenvalue weighted by molar-refractivity contribution is 5.96. The number of hydrogen-bond donors (Lipinski definition) is 1. The van der Waals surface area contributed by atoms with E-state index >= 15 is 0 Å². The van der Waals surface area contributed by atoms with Crippen molar-refractivity contribution in [1.29, 1.82) is 0 Å². The normalized spacial score (nSPS) is 21.8. The predicted octanol–water partition coefficient (Wildman–Crippen LogP) is 0.897. The largest absolute Gasteiger partial charge is 0.481 e. The van der Waals surface area contributed by atoms with Crippen LogP contribution in [0.1, 0.15) is 26.2 Å². The molecule has 1 aliphatic heterocycles. The van der Waals surface area contributed by atoms with Crippen molar-refractivity contribution in [3.05, 3.63) is 0 Å².